The quantitative estimate of drug-likeness (QED) is 0.810. The zero-order chi connectivity index (χ0) is 16.8. The summed E-state index contributed by atoms with van der Waals surface area (Å²) >= 11 is 2.83. The molecule has 0 unspecified atom stereocenters. The summed E-state index contributed by atoms with van der Waals surface area (Å²) < 4.78 is 0.802. The van der Waals surface area contributed by atoms with Gasteiger partial charge in [0.25, 0.3) is 0 Å². The molecule has 1 aromatic heterocycles. The number of nitrogens with one attached hydrogen (secondary N) is 2. The minimum absolute atomic E-state index is 0.0156. The summed E-state index contributed by atoms with van der Waals surface area (Å²) in [5.74, 6) is -0.329. The van der Waals surface area contributed by atoms with Crippen molar-refractivity contribution in [3.63, 3.8) is 0 Å². The lowest BCUT2D eigenvalue weighted by molar-refractivity contribution is -0.119. The van der Waals surface area contributed by atoms with E-state index in [4.69, 9.17) is 0 Å². The largest absolute Gasteiger partial charge is 0.336 e. The van der Waals surface area contributed by atoms with Gasteiger partial charge in [-0.1, -0.05) is 42.1 Å². The van der Waals surface area contributed by atoms with Gasteiger partial charge in [-0.25, -0.2) is 9.78 Å². The SMILES string of the molecule is CC(C)NC(=O)NC(=O)[C@H](C)Sc1nc(-c2ccccc2)cs1. The van der Waals surface area contributed by atoms with E-state index >= 15 is 0 Å². The lowest BCUT2D eigenvalue weighted by atomic mass is 10.2. The Balaban J connectivity index is 1.93. The van der Waals surface area contributed by atoms with Crippen molar-refractivity contribution < 1.29 is 9.59 Å². The number of rotatable bonds is 5. The molecule has 0 fully saturated rings. The molecule has 0 aliphatic carbocycles. The number of hydrogen-bond donors (Lipinski definition) is 2. The molecule has 0 aliphatic heterocycles. The van der Waals surface area contributed by atoms with Crippen LogP contribution in [0.1, 0.15) is 20.8 Å². The maximum atomic E-state index is 12.0. The first kappa shape index (κ1) is 17.5. The van der Waals surface area contributed by atoms with Crippen LogP contribution in [0, 0.1) is 0 Å². The lowest BCUT2D eigenvalue weighted by Gasteiger charge is -2.12. The molecule has 7 heteroatoms. The van der Waals surface area contributed by atoms with Crippen molar-refractivity contribution >= 4 is 35.0 Å². The smallest absolute Gasteiger partial charge is 0.321 e. The summed E-state index contributed by atoms with van der Waals surface area (Å²) in [6, 6.07) is 9.39. The number of hydrogen-bond acceptors (Lipinski definition) is 5. The Morgan fingerprint density at radius 3 is 2.52 bits per heavy atom. The third kappa shape index (κ3) is 5.37. The molecule has 0 saturated heterocycles. The van der Waals surface area contributed by atoms with Gasteiger partial charge in [-0.05, 0) is 20.8 Å². The normalized spacial score (nSPS) is 12.0. The van der Waals surface area contributed by atoms with Crippen molar-refractivity contribution in [2.75, 3.05) is 0 Å². The van der Waals surface area contributed by atoms with Gasteiger partial charge in [0.2, 0.25) is 5.91 Å². The second kappa shape index (κ2) is 8.12. The van der Waals surface area contributed by atoms with Crippen molar-refractivity contribution in [2.24, 2.45) is 0 Å². The van der Waals surface area contributed by atoms with Crippen LogP contribution >= 0.6 is 23.1 Å². The molecule has 1 aromatic carbocycles. The van der Waals surface area contributed by atoms with Crippen LogP contribution in [0.2, 0.25) is 0 Å². The number of amides is 3. The maximum absolute atomic E-state index is 12.0. The molecule has 3 amide bonds. The minimum Gasteiger partial charge on any atom is -0.336 e. The molecular formula is C16H19N3O2S2. The molecule has 2 N–H and O–H groups in total. The van der Waals surface area contributed by atoms with Crippen molar-refractivity contribution in [1.82, 2.24) is 15.6 Å². The maximum Gasteiger partial charge on any atom is 0.321 e. The third-order valence-corrected chi connectivity index (χ3v) is 4.93. The van der Waals surface area contributed by atoms with Crippen molar-refractivity contribution in [2.45, 2.75) is 36.4 Å². The van der Waals surface area contributed by atoms with E-state index < -0.39 is 11.3 Å². The molecular weight excluding hydrogens is 330 g/mol. The molecule has 0 spiro atoms. The Hall–Kier alpha value is -1.86. The van der Waals surface area contributed by atoms with Crippen LogP contribution in [-0.2, 0) is 4.79 Å². The highest BCUT2D eigenvalue weighted by molar-refractivity contribution is 8.02. The average Bonchev–Trinajstić information content (AvgIpc) is 2.95. The summed E-state index contributed by atoms with van der Waals surface area (Å²) in [7, 11) is 0. The summed E-state index contributed by atoms with van der Waals surface area (Å²) in [5, 5.41) is 6.53. The minimum atomic E-state index is -0.471. The second-order valence-electron chi connectivity index (χ2n) is 5.24. The zero-order valence-corrected chi connectivity index (χ0v) is 14.8. The second-order valence-corrected chi connectivity index (χ2v) is 7.69. The number of urea groups is 1. The first-order chi connectivity index (χ1) is 11.0. The van der Waals surface area contributed by atoms with Gasteiger partial charge in [-0.2, -0.15) is 0 Å². The first-order valence-corrected chi connectivity index (χ1v) is 9.00. The van der Waals surface area contributed by atoms with Gasteiger partial charge in [0, 0.05) is 17.0 Å². The standard InChI is InChI=1S/C16H19N3O2S2/c1-10(2)17-15(21)19-14(20)11(3)23-16-18-13(9-22-16)12-7-5-4-6-8-12/h4-11H,1-3H3,(H2,17,19,20,21)/t11-/m0/s1. The summed E-state index contributed by atoms with van der Waals surface area (Å²) in [5.41, 5.74) is 1.94. The van der Waals surface area contributed by atoms with Crippen LogP contribution in [-0.4, -0.2) is 28.2 Å². The number of benzene rings is 1. The van der Waals surface area contributed by atoms with E-state index in [1.807, 2.05) is 49.6 Å². The van der Waals surface area contributed by atoms with E-state index in [-0.39, 0.29) is 11.9 Å². The number of carbonyl (C=O) groups is 2. The van der Waals surface area contributed by atoms with E-state index in [2.05, 4.69) is 15.6 Å². The third-order valence-electron chi connectivity index (χ3n) is 2.86. The van der Waals surface area contributed by atoms with Crippen LogP contribution in [0.4, 0.5) is 4.79 Å². The number of nitrogens with zero attached hydrogens (tertiary/aromatic N) is 1. The molecule has 1 heterocycles. The lowest BCUT2D eigenvalue weighted by Crippen LogP contribution is -2.45. The summed E-state index contributed by atoms with van der Waals surface area (Å²) in [6.45, 7) is 5.43. The zero-order valence-electron chi connectivity index (χ0n) is 13.2. The molecule has 23 heavy (non-hydrogen) atoms. The molecule has 122 valence electrons. The van der Waals surface area contributed by atoms with Crippen LogP contribution in [0.5, 0.6) is 0 Å². The monoisotopic (exact) mass is 349 g/mol. The fourth-order valence-electron chi connectivity index (χ4n) is 1.77. The topological polar surface area (TPSA) is 71.1 Å². The highest BCUT2D eigenvalue weighted by Gasteiger charge is 2.19. The van der Waals surface area contributed by atoms with Crippen LogP contribution in [0.3, 0.4) is 0 Å². The van der Waals surface area contributed by atoms with Crippen LogP contribution in [0.15, 0.2) is 40.1 Å². The Kier molecular flexibility index (Phi) is 6.18. The number of aromatic nitrogens is 1. The Morgan fingerprint density at radius 2 is 1.87 bits per heavy atom. The Labute approximate surface area is 143 Å². The van der Waals surface area contributed by atoms with Gasteiger partial charge in [-0.15, -0.1) is 11.3 Å². The van der Waals surface area contributed by atoms with Gasteiger partial charge in [0.05, 0.1) is 10.9 Å². The molecule has 0 saturated carbocycles. The van der Waals surface area contributed by atoms with E-state index in [9.17, 15) is 9.59 Å². The highest BCUT2D eigenvalue weighted by Crippen LogP contribution is 2.30. The Bertz CT molecular complexity index is 671. The van der Waals surface area contributed by atoms with Gasteiger partial charge >= 0.3 is 6.03 Å². The molecule has 5 nitrogen and oxygen atoms in total. The Morgan fingerprint density at radius 1 is 1.17 bits per heavy atom. The van der Waals surface area contributed by atoms with Gasteiger partial charge < -0.3 is 5.32 Å². The first-order valence-electron chi connectivity index (χ1n) is 7.24. The van der Waals surface area contributed by atoms with Gasteiger partial charge in [0.15, 0.2) is 4.34 Å². The van der Waals surface area contributed by atoms with E-state index in [0.29, 0.717) is 0 Å². The summed E-state index contributed by atoms with van der Waals surface area (Å²) in [6.07, 6.45) is 0. The van der Waals surface area contributed by atoms with E-state index in [1.54, 1.807) is 6.92 Å². The molecule has 2 aromatic rings. The molecule has 0 bridgehead atoms. The predicted octanol–water partition coefficient (Wildman–Crippen LogP) is 3.52. The van der Waals surface area contributed by atoms with Crippen molar-refractivity contribution in [1.29, 1.82) is 0 Å². The number of thioether (sulfide) groups is 1. The fraction of sp³-hybridized carbons (Fsp3) is 0.312. The van der Waals surface area contributed by atoms with Gasteiger partial charge in [0.1, 0.15) is 0 Å². The fourth-order valence-corrected chi connectivity index (χ4v) is 3.74. The van der Waals surface area contributed by atoms with Crippen molar-refractivity contribution in [3.05, 3.63) is 35.7 Å². The summed E-state index contributed by atoms with van der Waals surface area (Å²) in [4.78, 5) is 28.1. The molecule has 1 atom stereocenters. The molecule has 0 aliphatic rings. The highest BCUT2D eigenvalue weighted by atomic mass is 32.2. The average molecular weight is 349 g/mol. The molecule has 2 rings (SSSR count). The number of imide groups is 1. The number of carbonyl (C=O) groups excluding carboxylic acids is 2. The van der Waals surface area contributed by atoms with Gasteiger partial charge in [-0.3, -0.25) is 10.1 Å². The van der Waals surface area contributed by atoms with Crippen LogP contribution in [0.25, 0.3) is 11.3 Å². The van der Waals surface area contributed by atoms with E-state index in [1.165, 1.54) is 23.1 Å². The molecule has 0 radical (unpaired) electrons. The van der Waals surface area contributed by atoms with E-state index in [0.717, 1.165) is 15.6 Å². The van der Waals surface area contributed by atoms with Crippen molar-refractivity contribution in [3.8, 4) is 11.3 Å². The number of thiazole rings is 1. The predicted molar refractivity (Wildman–Crippen MR) is 94.7 cm³/mol. The van der Waals surface area contributed by atoms with Crippen LogP contribution < -0.4 is 10.6 Å².